The van der Waals surface area contributed by atoms with E-state index < -0.39 is 10.0 Å². The summed E-state index contributed by atoms with van der Waals surface area (Å²) in [5.41, 5.74) is 2.37. The molecule has 10 heteroatoms. The Labute approximate surface area is 205 Å². The highest BCUT2D eigenvalue weighted by Gasteiger charge is 2.33. The molecule has 3 heterocycles. The van der Waals surface area contributed by atoms with Gasteiger partial charge in [-0.15, -0.1) is 10.2 Å². The van der Waals surface area contributed by atoms with Crippen LogP contribution in [0, 0.1) is 0 Å². The number of piperazine rings is 1. The summed E-state index contributed by atoms with van der Waals surface area (Å²) in [5, 5.41) is 8.71. The quantitative estimate of drug-likeness (QED) is 0.521. The van der Waals surface area contributed by atoms with E-state index in [4.69, 9.17) is 4.74 Å². The van der Waals surface area contributed by atoms with Crippen molar-refractivity contribution in [1.82, 2.24) is 14.5 Å². The summed E-state index contributed by atoms with van der Waals surface area (Å²) in [7, 11) is -2.37. The molecule has 2 saturated heterocycles. The van der Waals surface area contributed by atoms with E-state index in [1.54, 1.807) is 23.1 Å². The third-order valence-corrected chi connectivity index (χ3v) is 8.35. The molecule has 0 saturated carbocycles. The molecule has 0 spiro atoms. The van der Waals surface area contributed by atoms with Crippen LogP contribution in [-0.2, 0) is 14.8 Å². The highest BCUT2D eigenvalue weighted by molar-refractivity contribution is 7.89. The summed E-state index contributed by atoms with van der Waals surface area (Å²) in [6.07, 6.45) is 1.25. The number of benzene rings is 2. The summed E-state index contributed by atoms with van der Waals surface area (Å²) >= 11 is 0. The zero-order chi connectivity index (χ0) is 24.4. The number of ether oxygens (including phenoxy) is 1. The van der Waals surface area contributed by atoms with E-state index in [1.807, 2.05) is 47.4 Å². The lowest BCUT2D eigenvalue weighted by molar-refractivity contribution is -0.117. The first-order valence-electron chi connectivity index (χ1n) is 11.6. The Hall–Kier alpha value is -3.50. The van der Waals surface area contributed by atoms with Crippen LogP contribution in [0.3, 0.4) is 0 Å². The second-order valence-electron chi connectivity index (χ2n) is 8.52. The third kappa shape index (κ3) is 4.59. The number of carbonyl (C=O) groups excluding carboxylic acids is 1. The van der Waals surface area contributed by atoms with Crippen molar-refractivity contribution in [3.8, 4) is 17.0 Å². The molecule has 0 unspecified atom stereocenters. The van der Waals surface area contributed by atoms with Crippen molar-refractivity contribution < 1.29 is 17.9 Å². The van der Waals surface area contributed by atoms with Crippen LogP contribution in [0.2, 0.25) is 0 Å². The zero-order valence-electron chi connectivity index (χ0n) is 19.5. The third-order valence-electron chi connectivity index (χ3n) is 6.43. The molecule has 2 aromatic carbocycles. The maximum Gasteiger partial charge on any atom is 0.246 e. The molecule has 182 valence electrons. The molecule has 5 rings (SSSR count). The van der Waals surface area contributed by atoms with Crippen LogP contribution in [0.25, 0.3) is 11.3 Å². The minimum absolute atomic E-state index is 0.00604. The highest BCUT2D eigenvalue weighted by atomic mass is 32.2. The number of sulfonamides is 1. The molecule has 1 aromatic heterocycles. The van der Waals surface area contributed by atoms with Crippen molar-refractivity contribution in [2.45, 2.75) is 17.7 Å². The lowest BCUT2D eigenvalue weighted by Gasteiger charge is -2.34. The second-order valence-corrected chi connectivity index (χ2v) is 10.4. The SMILES string of the molecule is COc1ccc(N2CCCC2=O)cc1S(=O)(=O)N1CCN(c2ccc(-c3ccccc3)nn2)CC1. The average molecular weight is 494 g/mol. The van der Waals surface area contributed by atoms with Crippen molar-refractivity contribution >= 4 is 27.4 Å². The Balaban J connectivity index is 1.31. The highest BCUT2D eigenvalue weighted by Crippen LogP contribution is 2.33. The maximum absolute atomic E-state index is 13.6. The number of methoxy groups -OCH3 is 1. The lowest BCUT2D eigenvalue weighted by atomic mass is 10.1. The molecule has 2 aliphatic rings. The van der Waals surface area contributed by atoms with Crippen LogP contribution in [0.4, 0.5) is 11.5 Å². The van der Waals surface area contributed by atoms with Crippen LogP contribution < -0.4 is 14.5 Å². The van der Waals surface area contributed by atoms with Gasteiger partial charge in [0.05, 0.1) is 12.8 Å². The Morgan fingerprint density at radius 2 is 1.66 bits per heavy atom. The number of nitrogens with zero attached hydrogens (tertiary/aromatic N) is 5. The van der Waals surface area contributed by atoms with Gasteiger partial charge in [0, 0.05) is 50.4 Å². The Kier molecular flexibility index (Phi) is 6.40. The molecule has 0 N–H and O–H groups in total. The maximum atomic E-state index is 13.6. The van der Waals surface area contributed by atoms with Gasteiger partial charge in [-0.1, -0.05) is 30.3 Å². The van der Waals surface area contributed by atoms with Gasteiger partial charge >= 0.3 is 0 Å². The monoisotopic (exact) mass is 493 g/mol. The largest absolute Gasteiger partial charge is 0.495 e. The van der Waals surface area contributed by atoms with Crippen molar-refractivity contribution in [3.05, 3.63) is 60.7 Å². The second kappa shape index (κ2) is 9.63. The molecule has 2 fully saturated rings. The molecule has 1 amide bonds. The molecule has 2 aliphatic heterocycles. The first-order valence-corrected chi connectivity index (χ1v) is 13.0. The first-order chi connectivity index (χ1) is 17.0. The normalized spacial score (nSPS) is 17.1. The van der Waals surface area contributed by atoms with E-state index in [0.717, 1.165) is 17.7 Å². The minimum atomic E-state index is -3.82. The van der Waals surface area contributed by atoms with Crippen molar-refractivity contribution in [3.63, 3.8) is 0 Å². The lowest BCUT2D eigenvalue weighted by Crippen LogP contribution is -2.49. The molecular formula is C25H27N5O4S. The number of carbonyl (C=O) groups is 1. The number of amides is 1. The van der Waals surface area contributed by atoms with Gasteiger partial charge in [0.15, 0.2) is 5.82 Å². The molecule has 0 aliphatic carbocycles. The van der Waals surface area contributed by atoms with Gasteiger partial charge < -0.3 is 14.5 Å². The number of hydrogen-bond donors (Lipinski definition) is 0. The fourth-order valence-electron chi connectivity index (χ4n) is 4.51. The van der Waals surface area contributed by atoms with Crippen LogP contribution in [0.1, 0.15) is 12.8 Å². The summed E-state index contributed by atoms with van der Waals surface area (Å²) < 4.78 is 33.9. The predicted molar refractivity (Wildman–Crippen MR) is 133 cm³/mol. The Bertz CT molecular complexity index is 1310. The molecule has 0 atom stereocenters. The smallest absolute Gasteiger partial charge is 0.246 e. The van der Waals surface area contributed by atoms with Gasteiger partial charge in [0.2, 0.25) is 15.9 Å². The molecule has 9 nitrogen and oxygen atoms in total. The van der Waals surface area contributed by atoms with E-state index in [-0.39, 0.29) is 16.6 Å². The van der Waals surface area contributed by atoms with E-state index in [9.17, 15) is 13.2 Å². The number of rotatable bonds is 6. The average Bonchev–Trinajstić information content (AvgIpc) is 3.34. The van der Waals surface area contributed by atoms with Gasteiger partial charge in [-0.2, -0.15) is 4.31 Å². The van der Waals surface area contributed by atoms with Crippen LogP contribution in [-0.4, -0.2) is 68.7 Å². The zero-order valence-corrected chi connectivity index (χ0v) is 20.3. The topological polar surface area (TPSA) is 95.9 Å². The molecule has 0 radical (unpaired) electrons. The fourth-order valence-corrected chi connectivity index (χ4v) is 6.11. The molecule has 3 aromatic rings. The van der Waals surface area contributed by atoms with Gasteiger partial charge in [-0.3, -0.25) is 4.79 Å². The van der Waals surface area contributed by atoms with E-state index in [2.05, 4.69) is 10.2 Å². The van der Waals surface area contributed by atoms with Crippen molar-refractivity contribution in [1.29, 1.82) is 0 Å². The van der Waals surface area contributed by atoms with Gasteiger partial charge in [-0.05, 0) is 36.8 Å². The minimum Gasteiger partial charge on any atom is -0.495 e. The van der Waals surface area contributed by atoms with E-state index in [0.29, 0.717) is 50.6 Å². The van der Waals surface area contributed by atoms with E-state index >= 15 is 0 Å². The standard InChI is InChI=1S/C25H27N5O4S/c1-34-22-11-9-20(30-13-5-8-25(30)31)18-23(22)35(32,33)29-16-14-28(15-17-29)24-12-10-21(26-27-24)19-6-3-2-4-7-19/h2-4,6-7,9-12,18H,5,8,13-17H2,1H3. The number of aromatic nitrogens is 2. The van der Waals surface area contributed by atoms with E-state index in [1.165, 1.54) is 11.4 Å². The summed E-state index contributed by atoms with van der Waals surface area (Å²) in [4.78, 5) is 15.9. The van der Waals surface area contributed by atoms with Gasteiger partial charge in [-0.25, -0.2) is 8.42 Å². The Morgan fingerprint density at radius 3 is 2.29 bits per heavy atom. The van der Waals surface area contributed by atoms with Crippen LogP contribution in [0.15, 0.2) is 65.6 Å². The van der Waals surface area contributed by atoms with Gasteiger partial charge in [0.25, 0.3) is 0 Å². The summed E-state index contributed by atoms with van der Waals surface area (Å²) in [6, 6.07) is 18.6. The fraction of sp³-hybridized carbons (Fsp3) is 0.320. The van der Waals surface area contributed by atoms with Crippen molar-refractivity contribution in [2.75, 3.05) is 49.6 Å². The number of anilines is 2. The molecule has 35 heavy (non-hydrogen) atoms. The number of hydrogen-bond acceptors (Lipinski definition) is 7. The Morgan fingerprint density at radius 1 is 0.886 bits per heavy atom. The first kappa shape index (κ1) is 23.3. The summed E-state index contributed by atoms with van der Waals surface area (Å²) in [5.74, 6) is 0.991. The van der Waals surface area contributed by atoms with Crippen LogP contribution in [0.5, 0.6) is 5.75 Å². The van der Waals surface area contributed by atoms with Crippen LogP contribution >= 0.6 is 0 Å². The van der Waals surface area contributed by atoms with Gasteiger partial charge in [0.1, 0.15) is 10.6 Å². The molecular weight excluding hydrogens is 466 g/mol. The van der Waals surface area contributed by atoms with Crippen molar-refractivity contribution in [2.24, 2.45) is 0 Å². The molecule has 0 bridgehead atoms. The summed E-state index contributed by atoms with van der Waals surface area (Å²) in [6.45, 7) is 2.19. The predicted octanol–water partition coefficient (Wildman–Crippen LogP) is 2.79.